The van der Waals surface area contributed by atoms with Crippen LogP contribution in [0.15, 0.2) is 121 Å². The molecular weight excluding hydrogens is 523 g/mol. The van der Waals surface area contributed by atoms with E-state index in [1.165, 1.54) is 10.6 Å². The average molecular weight is 550 g/mol. The molecule has 0 saturated carbocycles. The van der Waals surface area contributed by atoms with Gasteiger partial charge in [0.15, 0.2) is 0 Å². The van der Waals surface area contributed by atoms with Crippen LogP contribution in [0, 0.1) is 0 Å². The first-order valence-corrected chi connectivity index (χ1v) is 13.2. The van der Waals surface area contributed by atoms with Crippen LogP contribution in [-0.2, 0) is 17.4 Å². The van der Waals surface area contributed by atoms with Crippen LogP contribution in [0.5, 0.6) is 0 Å². The molecule has 0 spiro atoms. The molecule has 0 aliphatic heterocycles. The lowest BCUT2D eigenvalue weighted by Gasteiger charge is -2.14. The maximum absolute atomic E-state index is 13.8. The van der Waals surface area contributed by atoms with Crippen molar-refractivity contribution in [1.29, 1.82) is 0 Å². The number of nitrogens with two attached hydrogens (primary N) is 1. The number of aromatic nitrogens is 1. The van der Waals surface area contributed by atoms with Gasteiger partial charge in [0.2, 0.25) is 5.91 Å². The molecule has 7 heteroatoms. The Bertz CT molecular complexity index is 1860. The minimum absolute atomic E-state index is 0.341. The summed E-state index contributed by atoms with van der Waals surface area (Å²) in [6.07, 6.45) is -3.02. The molecule has 1 aromatic heterocycles. The molecule has 0 aliphatic rings. The quantitative estimate of drug-likeness (QED) is 0.207. The van der Waals surface area contributed by atoms with Crippen molar-refractivity contribution in [2.75, 3.05) is 5.32 Å². The number of fused-ring (bicyclic) bond motifs is 3. The van der Waals surface area contributed by atoms with Gasteiger partial charge < -0.3 is 15.6 Å². The third kappa shape index (κ3) is 5.44. The Hall–Kier alpha value is -4.88. The fraction of sp³-hybridized carbons (Fsp3) is 0.0882. The normalized spacial score (nSPS) is 12.5. The van der Waals surface area contributed by atoms with Crippen molar-refractivity contribution in [2.45, 2.75) is 18.6 Å². The van der Waals surface area contributed by atoms with Gasteiger partial charge in [-0.3, -0.25) is 4.79 Å². The number of benzene rings is 5. The van der Waals surface area contributed by atoms with E-state index in [1.807, 2.05) is 84.9 Å². The lowest BCUT2D eigenvalue weighted by Crippen LogP contribution is -2.37. The number of rotatable bonds is 6. The molecule has 41 heavy (non-hydrogen) atoms. The maximum Gasteiger partial charge on any atom is 0.417 e. The Morgan fingerprint density at radius 2 is 1.46 bits per heavy atom. The molecular formula is C34H26F3N3O. The fourth-order valence-corrected chi connectivity index (χ4v) is 5.13. The lowest BCUT2D eigenvalue weighted by atomic mass is 9.99. The number of nitrogens with one attached hydrogen (secondary N) is 1. The van der Waals surface area contributed by atoms with Crippen molar-refractivity contribution in [3.63, 3.8) is 0 Å². The van der Waals surface area contributed by atoms with Crippen molar-refractivity contribution in [3.8, 4) is 16.9 Å². The Balaban J connectivity index is 1.30. The summed E-state index contributed by atoms with van der Waals surface area (Å²) in [6, 6.07) is 34.3. The van der Waals surface area contributed by atoms with Crippen LogP contribution < -0.4 is 11.1 Å². The molecule has 0 saturated heterocycles. The Morgan fingerprint density at radius 1 is 0.780 bits per heavy atom. The highest BCUT2D eigenvalue weighted by Crippen LogP contribution is 2.37. The van der Waals surface area contributed by atoms with Crippen molar-refractivity contribution >= 4 is 33.1 Å². The van der Waals surface area contributed by atoms with Gasteiger partial charge in [-0.1, -0.05) is 78.9 Å². The zero-order valence-corrected chi connectivity index (χ0v) is 21.9. The summed E-state index contributed by atoms with van der Waals surface area (Å²) in [5.74, 6) is -0.341. The van der Waals surface area contributed by atoms with Crippen LogP contribution in [-0.4, -0.2) is 16.5 Å². The molecule has 5 aromatic carbocycles. The van der Waals surface area contributed by atoms with Gasteiger partial charge in [-0.15, -0.1) is 0 Å². The number of anilines is 1. The SMILES string of the molecule is N[C@@H](Cc1ccccc1)C(=O)Nc1ccc(-n2cc(C(F)(F)F)cc2-c2ccc3c(ccc4ccccc43)c2)cc1. The summed E-state index contributed by atoms with van der Waals surface area (Å²) in [4.78, 5) is 12.6. The van der Waals surface area contributed by atoms with E-state index < -0.39 is 17.8 Å². The third-order valence-corrected chi connectivity index (χ3v) is 7.24. The number of halogens is 3. The second-order valence-corrected chi connectivity index (χ2v) is 10.0. The highest BCUT2D eigenvalue weighted by atomic mass is 19.4. The fourth-order valence-electron chi connectivity index (χ4n) is 5.13. The number of carbonyl (C=O) groups excluding carboxylic acids is 1. The predicted molar refractivity (Wildman–Crippen MR) is 158 cm³/mol. The minimum atomic E-state index is -4.50. The molecule has 4 nitrogen and oxygen atoms in total. The Labute approximate surface area is 234 Å². The van der Waals surface area contributed by atoms with Gasteiger partial charge in [-0.2, -0.15) is 13.2 Å². The highest BCUT2D eigenvalue weighted by Gasteiger charge is 2.33. The first-order valence-electron chi connectivity index (χ1n) is 13.2. The lowest BCUT2D eigenvalue weighted by molar-refractivity contribution is -0.137. The van der Waals surface area contributed by atoms with Gasteiger partial charge >= 0.3 is 6.18 Å². The molecule has 0 unspecified atom stereocenters. The zero-order valence-electron chi connectivity index (χ0n) is 21.9. The standard InChI is InChI=1S/C34H26F3N3O/c35-34(36,37)26-20-32(25-12-17-30-24(19-25)11-10-23-8-4-5-9-29(23)30)40(21-26)28-15-13-27(14-16-28)39-33(41)31(38)18-22-6-2-1-3-7-22/h1-17,19-21,31H,18,38H2,(H,39,41)/t31-/m0/s1. The first-order chi connectivity index (χ1) is 19.8. The van der Waals surface area contributed by atoms with E-state index in [2.05, 4.69) is 5.32 Å². The number of amides is 1. The van der Waals surface area contributed by atoms with Crippen LogP contribution in [0.25, 0.3) is 38.5 Å². The van der Waals surface area contributed by atoms with Crippen molar-refractivity contribution in [1.82, 2.24) is 4.57 Å². The highest BCUT2D eigenvalue weighted by molar-refractivity contribution is 6.08. The van der Waals surface area contributed by atoms with Crippen LogP contribution in [0.3, 0.4) is 0 Å². The summed E-state index contributed by atoms with van der Waals surface area (Å²) in [7, 11) is 0. The first kappa shape index (κ1) is 26.3. The van der Waals surface area contributed by atoms with Gasteiger partial charge in [0.05, 0.1) is 17.3 Å². The maximum atomic E-state index is 13.8. The van der Waals surface area contributed by atoms with Crippen molar-refractivity contribution in [2.24, 2.45) is 5.73 Å². The van der Waals surface area contributed by atoms with E-state index in [0.29, 0.717) is 29.1 Å². The van der Waals surface area contributed by atoms with Crippen molar-refractivity contribution in [3.05, 3.63) is 133 Å². The van der Waals surface area contributed by atoms with E-state index in [-0.39, 0.29) is 5.91 Å². The minimum Gasteiger partial charge on any atom is -0.325 e. The number of hydrogen-bond donors (Lipinski definition) is 2. The molecule has 0 radical (unpaired) electrons. The number of alkyl halides is 3. The molecule has 0 fully saturated rings. The van der Waals surface area contributed by atoms with Crippen molar-refractivity contribution < 1.29 is 18.0 Å². The predicted octanol–water partition coefficient (Wildman–Crippen LogP) is 7.98. The second-order valence-electron chi connectivity index (χ2n) is 10.0. The van der Waals surface area contributed by atoms with E-state index in [9.17, 15) is 18.0 Å². The van der Waals surface area contributed by atoms with Crippen LogP contribution in [0.1, 0.15) is 11.1 Å². The van der Waals surface area contributed by atoms with Gasteiger partial charge in [-0.25, -0.2) is 0 Å². The summed E-state index contributed by atoms with van der Waals surface area (Å²) >= 11 is 0. The van der Waals surface area contributed by atoms with E-state index in [4.69, 9.17) is 5.73 Å². The number of nitrogens with zero attached hydrogens (tertiary/aromatic N) is 1. The zero-order chi connectivity index (χ0) is 28.6. The molecule has 6 rings (SSSR count). The molecule has 3 N–H and O–H groups in total. The van der Waals surface area contributed by atoms with E-state index in [0.717, 1.165) is 33.3 Å². The summed E-state index contributed by atoms with van der Waals surface area (Å²) in [5, 5.41) is 6.96. The molecule has 204 valence electrons. The van der Waals surface area contributed by atoms with E-state index in [1.54, 1.807) is 24.3 Å². The molecule has 1 heterocycles. The second kappa shape index (κ2) is 10.6. The molecule has 0 aliphatic carbocycles. The largest absolute Gasteiger partial charge is 0.417 e. The Kier molecular flexibility index (Phi) is 6.81. The molecule has 6 aromatic rings. The monoisotopic (exact) mass is 549 g/mol. The average Bonchev–Trinajstić information content (AvgIpc) is 3.44. The van der Waals surface area contributed by atoms with Gasteiger partial charge in [0.25, 0.3) is 0 Å². The smallest absolute Gasteiger partial charge is 0.325 e. The van der Waals surface area contributed by atoms with Crippen LogP contribution >= 0.6 is 0 Å². The topological polar surface area (TPSA) is 60.1 Å². The van der Waals surface area contributed by atoms with Gasteiger partial charge in [0, 0.05) is 17.6 Å². The van der Waals surface area contributed by atoms with Gasteiger partial charge in [0.1, 0.15) is 0 Å². The summed E-state index contributed by atoms with van der Waals surface area (Å²) < 4.78 is 42.9. The van der Waals surface area contributed by atoms with E-state index >= 15 is 0 Å². The molecule has 0 bridgehead atoms. The van der Waals surface area contributed by atoms with Crippen LogP contribution in [0.2, 0.25) is 0 Å². The molecule has 1 amide bonds. The van der Waals surface area contributed by atoms with Crippen LogP contribution in [0.4, 0.5) is 18.9 Å². The third-order valence-electron chi connectivity index (χ3n) is 7.24. The number of hydrogen-bond acceptors (Lipinski definition) is 2. The molecule has 1 atom stereocenters. The number of carbonyl (C=O) groups is 1. The Morgan fingerprint density at radius 3 is 2.22 bits per heavy atom. The summed E-state index contributed by atoms with van der Waals surface area (Å²) in [5.41, 5.74) is 8.41. The summed E-state index contributed by atoms with van der Waals surface area (Å²) in [6.45, 7) is 0. The van der Waals surface area contributed by atoms with Gasteiger partial charge in [-0.05, 0) is 75.5 Å².